The molecule has 0 amide bonds. The summed E-state index contributed by atoms with van der Waals surface area (Å²) in [4.78, 5) is 16.0. The van der Waals surface area contributed by atoms with Gasteiger partial charge in [-0.15, -0.1) is 0 Å². The average molecular weight is 344 g/mol. The van der Waals surface area contributed by atoms with Gasteiger partial charge in [-0.1, -0.05) is 42.5 Å². The van der Waals surface area contributed by atoms with Crippen LogP contribution in [0.3, 0.4) is 0 Å². The lowest BCUT2D eigenvalue weighted by molar-refractivity contribution is 0.0999. The highest BCUT2D eigenvalue weighted by Gasteiger charge is 2.08. The predicted octanol–water partition coefficient (Wildman–Crippen LogP) is 4.08. The molecule has 0 bridgehead atoms. The smallest absolute Gasteiger partial charge is 0.187 e. The zero-order valence-electron chi connectivity index (χ0n) is 11.2. The first-order chi connectivity index (χ1) is 10.2. The molecule has 0 atom stereocenters. The monoisotopic (exact) mass is 343 g/mol. The Labute approximate surface area is 131 Å². The normalized spacial score (nSPS) is 11.8. The first-order valence-corrected chi connectivity index (χ1v) is 7.19. The largest absolute Gasteiger partial charge is 0.507 e. The Hall–Kier alpha value is -2.20. The molecule has 0 unspecified atom stereocenters. The van der Waals surface area contributed by atoms with E-state index in [1.165, 1.54) is 6.07 Å². The molecule has 0 saturated heterocycles. The Morgan fingerprint density at radius 3 is 2.48 bits per heavy atom. The number of hydrogen-bond donors (Lipinski definition) is 1. The molecule has 0 spiro atoms. The van der Waals surface area contributed by atoms with E-state index in [1.807, 2.05) is 36.4 Å². The van der Waals surface area contributed by atoms with E-state index >= 15 is 0 Å². The summed E-state index contributed by atoms with van der Waals surface area (Å²) in [6.45, 7) is -0.00466. The maximum Gasteiger partial charge on any atom is 0.187 e. The van der Waals surface area contributed by atoms with E-state index in [4.69, 9.17) is 0 Å². The van der Waals surface area contributed by atoms with E-state index in [9.17, 15) is 9.90 Å². The summed E-state index contributed by atoms with van der Waals surface area (Å²) in [7, 11) is 0. The molecule has 0 heterocycles. The van der Waals surface area contributed by atoms with Crippen molar-refractivity contribution in [2.24, 2.45) is 4.99 Å². The lowest BCUT2D eigenvalue weighted by Crippen LogP contribution is -2.03. The summed E-state index contributed by atoms with van der Waals surface area (Å²) in [5.74, 6) is -0.235. The summed E-state index contributed by atoms with van der Waals surface area (Å²) < 4.78 is 0.777. The second-order valence-electron chi connectivity index (χ2n) is 4.35. The van der Waals surface area contributed by atoms with Gasteiger partial charge < -0.3 is 5.11 Å². The third-order valence-electron chi connectivity index (χ3n) is 2.76. The Morgan fingerprint density at radius 2 is 1.76 bits per heavy atom. The molecule has 3 nitrogen and oxygen atoms in total. The number of benzene rings is 2. The van der Waals surface area contributed by atoms with Crippen molar-refractivity contribution < 1.29 is 9.90 Å². The van der Waals surface area contributed by atoms with Gasteiger partial charge in [-0.3, -0.25) is 9.79 Å². The van der Waals surface area contributed by atoms with Crippen molar-refractivity contribution in [3.05, 3.63) is 70.2 Å². The van der Waals surface area contributed by atoms with Crippen LogP contribution in [0.1, 0.15) is 15.9 Å². The Kier molecular flexibility index (Phi) is 5.46. The van der Waals surface area contributed by atoms with Crippen LogP contribution in [0.25, 0.3) is 6.08 Å². The summed E-state index contributed by atoms with van der Waals surface area (Å²) in [6, 6.07) is 16.3. The predicted molar refractivity (Wildman–Crippen MR) is 89.1 cm³/mol. The quantitative estimate of drug-likeness (QED) is 0.656. The third-order valence-corrected chi connectivity index (χ3v) is 3.19. The zero-order valence-corrected chi connectivity index (χ0v) is 12.8. The zero-order chi connectivity index (χ0) is 15.1. The highest BCUT2D eigenvalue weighted by atomic mass is 79.9. The van der Waals surface area contributed by atoms with Crippen LogP contribution in [0.2, 0.25) is 0 Å². The van der Waals surface area contributed by atoms with Gasteiger partial charge in [-0.2, -0.15) is 0 Å². The number of Topliss-reactive ketones (excluding diaryl/α,β-unsaturated/α-hetero) is 1. The van der Waals surface area contributed by atoms with E-state index in [0.717, 1.165) is 10.0 Å². The molecule has 106 valence electrons. The van der Waals surface area contributed by atoms with Crippen molar-refractivity contribution in [3.63, 3.8) is 0 Å². The van der Waals surface area contributed by atoms with Gasteiger partial charge in [0, 0.05) is 10.7 Å². The third kappa shape index (κ3) is 4.68. The van der Waals surface area contributed by atoms with Gasteiger partial charge in [-0.05, 0) is 39.7 Å². The van der Waals surface area contributed by atoms with E-state index in [0.29, 0.717) is 0 Å². The molecule has 0 aliphatic rings. The van der Waals surface area contributed by atoms with Crippen molar-refractivity contribution in [1.29, 1.82) is 0 Å². The molecule has 1 N–H and O–H groups in total. The van der Waals surface area contributed by atoms with Crippen LogP contribution < -0.4 is 0 Å². The van der Waals surface area contributed by atoms with Gasteiger partial charge in [0.15, 0.2) is 5.78 Å². The number of hydrogen-bond acceptors (Lipinski definition) is 3. The second-order valence-corrected chi connectivity index (χ2v) is 5.27. The fraction of sp³-hybridized carbons (Fsp3) is 0.0588. The molecule has 0 saturated carbocycles. The molecule has 0 aliphatic heterocycles. The van der Waals surface area contributed by atoms with Crippen molar-refractivity contribution in [1.82, 2.24) is 0 Å². The number of ketones is 1. The van der Waals surface area contributed by atoms with E-state index in [1.54, 1.807) is 24.4 Å². The topological polar surface area (TPSA) is 49.7 Å². The lowest BCUT2D eigenvalue weighted by atomic mass is 10.1. The Balaban J connectivity index is 1.98. The lowest BCUT2D eigenvalue weighted by Gasteiger charge is -2.00. The van der Waals surface area contributed by atoms with Gasteiger partial charge in [0.2, 0.25) is 0 Å². The molecule has 2 rings (SSSR count). The number of aromatic hydroxyl groups is 1. The van der Waals surface area contributed by atoms with E-state index in [2.05, 4.69) is 20.9 Å². The maximum absolute atomic E-state index is 11.9. The number of phenols is 1. The number of para-hydroxylation sites is 1. The van der Waals surface area contributed by atoms with E-state index in [-0.39, 0.29) is 23.6 Å². The minimum Gasteiger partial charge on any atom is -0.507 e. The van der Waals surface area contributed by atoms with Crippen molar-refractivity contribution >= 4 is 34.0 Å². The van der Waals surface area contributed by atoms with E-state index < -0.39 is 0 Å². The fourth-order valence-electron chi connectivity index (χ4n) is 1.76. The van der Waals surface area contributed by atoms with Gasteiger partial charge in [0.05, 0.1) is 5.56 Å². The summed E-state index contributed by atoms with van der Waals surface area (Å²) in [6.07, 6.45) is 3.50. The highest BCUT2D eigenvalue weighted by Crippen LogP contribution is 2.16. The van der Waals surface area contributed by atoms with Crippen LogP contribution in [0.5, 0.6) is 5.75 Å². The first-order valence-electron chi connectivity index (χ1n) is 6.40. The van der Waals surface area contributed by atoms with Crippen molar-refractivity contribution in [2.75, 3.05) is 6.54 Å². The molecular formula is C17H14BrNO2. The Morgan fingerprint density at radius 1 is 1.10 bits per heavy atom. The van der Waals surface area contributed by atoms with Gasteiger partial charge in [0.1, 0.15) is 12.3 Å². The maximum atomic E-state index is 11.9. The molecule has 21 heavy (non-hydrogen) atoms. The summed E-state index contributed by atoms with van der Waals surface area (Å²) >= 11 is 3.39. The van der Waals surface area contributed by atoms with Gasteiger partial charge in [-0.25, -0.2) is 0 Å². The van der Waals surface area contributed by atoms with Gasteiger partial charge in [0.25, 0.3) is 0 Å². The van der Waals surface area contributed by atoms with Crippen LogP contribution in [0.15, 0.2) is 64.1 Å². The molecule has 0 fully saturated rings. The van der Waals surface area contributed by atoms with Crippen LogP contribution in [0, 0.1) is 0 Å². The minimum atomic E-state index is -0.218. The molecule has 4 heteroatoms. The number of aliphatic imine (C=N–C) groups is 1. The molecular weight excluding hydrogens is 330 g/mol. The van der Waals surface area contributed by atoms with Crippen LogP contribution in [0.4, 0.5) is 0 Å². The molecule has 2 aromatic carbocycles. The van der Waals surface area contributed by atoms with Crippen LogP contribution in [-0.2, 0) is 0 Å². The average Bonchev–Trinajstić information content (AvgIpc) is 2.48. The number of phenolic OH excluding ortho intramolecular Hbond substituents is 1. The molecule has 0 radical (unpaired) electrons. The number of nitrogens with zero attached hydrogens (tertiary/aromatic N) is 1. The van der Waals surface area contributed by atoms with Crippen LogP contribution in [-0.4, -0.2) is 23.6 Å². The standard InChI is InChI=1S/C17H14BrNO2/c18-14(10-13-6-2-1-3-7-13)11-19-12-17(21)15-8-4-5-9-16(15)20/h1-11,20H,12H2/b14-10-,19-11?. The second kappa shape index (κ2) is 7.55. The number of rotatable bonds is 5. The van der Waals surface area contributed by atoms with Crippen molar-refractivity contribution in [2.45, 2.75) is 0 Å². The SMILES string of the molecule is O=C(CN=C/C(Br)=C/c1ccccc1)c1ccccc1O. The summed E-state index contributed by atoms with van der Waals surface area (Å²) in [5, 5.41) is 9.59. The summed E-state index contributed by atoms with van der Waals surface area (Å²) in [5.41, 5.74) is 1.33. The molecule has 0 aliphatic carbocycles. The Bertz CT molecular complexity index is 678. The van der Waals surface area contributed by atoms with Gasteiger partial charge >= 0.3 is 0 Å². The number of allylic oxidation sites excluding steroid dienone is 1. The molecule has 0 aromatic heterocycles. The number of carbonyl (C=O) groups excluding carboxylic acids is 1. The van der Waals surface area contributed by atoms with Crippen LogP contribution >= 0.6 is 15.9 Å². The highest BCUT2D eigenvalue weighted by molar-refractivity contribution is 9.12. The number of halogens is 1. The number of carbonyl (C=O) groups is 1. The van der Waals surface area contributed by atoms with Crippen molar-refractivity contribution in [3.8, 4) is 5.75 Å². The fourth-order valence-corrected chi connectivity index (χ4v) is 2.17. The first kappa shape index (κ1) is 15.2. The molecule has 2 aromatic rings. The minimum absolute atomic E-state index is 0.00466.